The van der Waals surface area contributed by atoms with Gasteiger partial charge in [-0.05, 0) is 17.4 Å². The fourth-order valence-electron chi connectivity index (χ4n) is 3.16. The molecule has 3 rings (SSSR count). The second-order valence-corrected chi connectivity index (χ2v) is 5.26. The second kappa shape index (κ2) is 5.00. The minimum Gasteiger partial charge on any atom is -0.294 e. The van der Waals surface area contributed by atoms with Gasteiger partial charge in [0.1, 0.15) is 0 Å². The maximum atomic E-state index is 12.6. The summed E-state index contributed by atoms with van der Waals surface area (Å²) < 4.78 is 0. The Bertz CT molecular complexity index is 559. The predicted molar refractivity (Wildman–Crippen MR) is 77.2 cm³/mol. The lowest BCUT2D eigenvalue weighted by molar-refractivity contribution is 0.0959. The lowest BCUT2D eigenvalue weighted by Gasteiger charge is -2.00. The third-order valence-electron chi connectivity index (χ3n) is 4.19. The average molecular weight is 250 g/mol. The third kappa shape index (κ3) is 2.21. The Morgan fingerprint density at radius 1 is 0.947 bits per heavy atom. The number of rotatable bonds is 4. The molecule has 0 saturated heterocycles. The van der Waals surface area contributed by atoms with E-state index < -0.39 is 0 Å². The average Bonchev–Trinajstić information content (AvgIpc) is 3.22. The van der Waals surface area contributed by atoms with Crippen LogP contribution in [0.3, 0.4) is 0 Å². The van der Waals surface area contributed by atoms with Crippen LogP contribution in [0.25, 0.3) is 0 Å². The quantitative estimate of drug-likeness (QED) is 0.739. The van der Waals surface area contributed by atoms with Crippen LogP contribution < -0.4 is 0 Å². The van der Waals surface area contributed by atoms with Crippen molar-refractivity contribution in [3.8, 4) is 0 Å². The summed E-state index contributed by atoms with van der Waals surface area (Å²) in [5.74, 6) is 1.41. The topological polar surface area (TPSA) is 17.1 Å². The summed E-state index contributed by atoms with van der Waals surface area (Å²) >= 11 is 0. The summed E-state index contributed by atoms with van der Waals surface area (Å²) in [5, 5.41) is 0. The Balaban J connectivity index is 1.84. The van der Waals surface area contributed by atoms with E-state index in [0.717, 1.165) is 12.0 Å². The minimum atomic E-state index is 0.176. The van der Waals surface area contributed by atoms with E-state index in [9.17, 15) is 4.79 Å². The van der Waals surface area contributed by atoms with E-state index in [4.69, 9.17) is 0 Å². The second-order valence-electron chi connectivity index (χ2n) is 5.26. The Kier molecular flexibility index (Phi) is 3.20. The zero-order chi connectivity index (χ0) is 13.2. The molecule has 1 nitrogen and oxygen atoms in total. The molecule has 0 heterocycles. The molecule has 0 aliphatic heterocycles. The summed E-state index contributed by atoms with van der Waals surface area (Å²) in [5.41, 5.74) is 2.16. The van der Waals surface area contributed by atoms with E-state index in [1.165, 1.54) is 5.56 Å². The summed E-state index contributed by atoms with van der Waals surface area (Å²) in [4.78, 5) is 12.6. The van der Waals surface area contributed by atoms with Gasteiger partial charge in [-0.3, -0.25) is 4.79 Å². The summed E-state index contributed by atoms with van der Waals surface area (Å²) in [6.45, 7) is 2.18. The zero-order valence-electron chi connectivity index (χ0n) is 11.1. The number of ketones is 1. The summed E-state index contributed by atoms with van der Waals surface area (Å²) in [6, 6.07) is 20.1. The molecule has 2 aromatic carbocycles. The first-order valence-corrected chi connectivity index (χ1v) is 6.97. The molecule has 0 unspecified atom stereocenters. The SMILES string of the molecule is CC[C@@H]1[C@@H](C(=O)c2ccccc2)[C@@H]1c1ccccc1. The highest BCUT2D eigenvalue weighted by atomic mass is 16.1. The molecular formula is C18H18O. The van der Waals surface area contributed by atoms with Crippen LogP contribution in [0.4, 0.5) is 0 Å². The van der Waals surface area contributed by atoms with Crippen LogP contribution in [0.1, 0.15) is 35.2 Å². The highest BCUT2D eigenvalue weighted by Crippen LogP contribution is 2.56. The lowest BCUT2D eigenvalue weighted by Crippen LogP contribution is -2.03. The van der Waals surface area contributed by atoms with Gasteiger partial charge in [0.2, 0.25) is 0 Å². The number of benzene rings is 2. The van der Waals surface area contributed by atoms with E-state index in [1.54, 1.807) is 0 Å². The normalized spacial score (nSPS) is 25.0. The van der Waals surface area contributed by atoms with E-state index in [-0.39, 0.29) is 5.92 Å². The van der Waals surface area contributed by atoms with Gasteiger partial charge in [0.15, 0.2) is 5.78 Å². The monoisotopic (exact) mass is 250 g/mol. The zero-order valence-corrected chi connectivity index (χ0v) is 11.1. The highest BCUT2D eigenvalue weighted by molar-refractivity contribution is 6.00. The molecule has 0 N–H and O–H groups in total. The standard InChI is InChI=1S/C18H18O/c1-2-15-16(13-9-5-3-6-10-13)17(15)18(19)14-11-7-4-8-12-14/h3-12,15-17H,2H2,1H3/t15-,16+,17+/m0/s1. The van der Waals surface area contributed by atoms with Gasteiger partial charge in [0.05, 0.1) is 0 Å². The van der Waals surface area contributed by atoms with Crippen LogP contribution in [-0.4, -0.2) is 5.78 Å². The Morgan fingerprint density at radius 2 is 1.53 bits per heavy atom. The van der Waals surface area contributed by atoms with Gasteiger partial charge in [0, 0.05) is 11.5 Å². The molecule has 2 aromatic rings. The molecule has 0 radical (unpaired) electrons. The van der Waals surface area contributed by atoms with Crippen molar-refractivity contribution in [2.75, 3.05) is 0 Å². The van der Waals surface area contributed by atoms with E-state index in [0.29, 0.717) is 17.6 Å². The first-order chi connectivity index (χ1) is 9.33. The van der Waals surface area contributed by atoms with Gasteiger partial charge in [-0.2, -0.15) is 0 Å². The predicted octanol–water partition coefficient (Wildman–Crippen LogP) is 4.31. The van der Waals surface area contributed by atoms with Crippen molar-refractivity contribution in [1.82, 2.24) is 0 Å². The molecule has 1 heteroatoms. The van der Waals surface area contributed by atoms with Crippen LogP contribution in [-0.2, 0) is 0 Å². The van der Waals surface area contributed by atoms with Crippen molar-refractivity contribution < 1.29 is 4.79 Å². The number of carbonyl (C=O) groups is 1. The molecule has 0 amide bonds. The van der Waals surface area contributed by atoms with Crippen molar-refractivity contribution in [2.24, 2.45) is 11.8 Å². The third-order valence-corrected chi connectivity index (χ3v) is 4.19. The van der Waals surface area contributed by atoms with Crippen molar-refractivity contribution >= 4 is 5.78 Å². The van der Waals surface area contributed by atoms with Gasteiger partial charge >= 0.3 is 0 Å². The molecule has 0 aromatic heterocycles. The highest BCUT2D eigenvalue weighted by Gasteiger charge is 2.53. The first kappa shape index (κ1) is 12.2. The Labute approximate surface area is 114 Å². The van der Waals surface area contributed by atoms with E-state index >= 15 is 0 Å². The van der Waals surface area contributed by atoms with E-state index in [2.05, 4.69) is 31.2 Å². The van der Waals surface area contributed by atoms with Crippen LogP contribution in [0.2, 0.25) is 0 Å². The van der Waals surface area contributed by atoms with Crippen LogP contribution in [0, 0.1) is 11.8 Å². The van der Waals surface area contributed by atoms with Crippen molar-refractivity contribution in [3.63, 3.8) is 0 Å². The van der Waals surface area contributed by atoms with Crippen molar-refractivity contribution in [1.29, 1.82) is 0 Å². The number of carbonyl (C=O) groups excluding carboxylic acids is 1. The molecule has 1 saturated carbocycles. The smallest absolute Gasteiger partial charge is 0.166 e. The molecule has 19 heavy (non-hydrogen) atoms. The number of hydrogen-bond acceptors (Lipinski definition) is 1. The van der Waals surface area contributed by atoms with Crippen LogP contribution in [0.15, 0.2) is 60.7 Å². The van der Waals surface area contributed by atoms with Crippen molar-refractivity contribution in [2.45, 2.75) is 19.3 Å². The molecule has 1 fully saturated rings. The van der Waals surface area contributed by atoms with Crippen LogP contribution in [0.5, 0.6) is 0 Å². The molecular weight excluding hydrogens is 232 g/mol. The van der Waals surface area contributed by atoms with Crippen LogP contribution >= 0.6 is 0 Å². The fraction of sp³-hybridized carbons (Fsp3) is 0.278. The molecule has 0 spiro atoms. The molecule has 96 valence electrons. The largest absolute Gasteiger partial charge is 0.294 e. The van der Waals surface area contributed by atoms with Gasteiger partial charge in [-0.1, -0.05) is 74.0 Å². The molecule has 0 bridgehead atoms. The Morgan fingerprint density at radius 3 is 2.11 bits per heavy atom. The van der Waals surface area contributed by atoms with Crippen molar-refractivity contribution in [3.05, 3.63) is 71.8 Å². The lowest BCUT2D eigenvalue weighted by atomic mass is 10.0. The van der Waals surface area contributed by atoms with E-state index in [1.807, 2.05) is 36.4 Å². The van der Waals surface area contributed by atoms with Gasteiger partial charge < -0.3 is 0 Å². The summed E-state index contributed by atoms with van der Waals surface area (Å²) in [6.07, 6.45) is 1.07. The van der Waals surface area contributed by atoms with Gasteiger partial charge in [0.25, 0.3) is 0 Å². The molecule has 3 atom stereocenters. The maximum Gasteiger partial charge on any atom is 0.166 e. The first-order valence-electron chi connectivity index (χ1n) is 6.97. The summed E-state index contributed by atoms with van der Waals surface area (Å²) in [7, 11) is 0. The number of hydrogen-bond donors (Lipinski definition) is 0. The van der Waals surface area contributed by atoms with Gasteiger partial charge in [-0.15, -0.1) is 0 Å². The maximum absolute atomic E-state index is 12.6. The number of Topliss-reactive ketones (excluding diaryl/α,β-unsaturated/α-hetero) is 1. The Hall–Kier alpha value is -1.89. The molecule has 1 aliphatic carbocycles. The minimum absolute atomic E-state index is 0.176. The fourth-order valence-corrected chi connectivity index (χ4v) is 3.16. The van der Waals surface area contributed by atoms with Gasteiger partial charge in [-0.25, -0.2) is 0 Å². The molecule has 1 aliphatic rings.